The number of nitrogens with zero attached hydrogens (tertiary/aromatic N) is 2. The molecule has 0 aliphatic carbocycles. The molecule has 0 amide bonds. The molecule has 46 valence electrons. The summed E-state index contributed by atoms with van der Waals surface area (Å²) in [6.07, 6.45) is 3.49. The summed E-state index contributed by atoms with van der Waals surface area (Å²) in [6, 6.07) is 2.14. The third-order valence-corrected chi connectivity index (χ3v) is 1.28. The van der Waals surface area contributed by atoms with Crippen LogP contribution in [-0.2, 0) is 6.00 Å². The average molecular weight is 141 g/mol. The van der Waals surface area contributed by atoms with Crippen molar-refractivity contribution in [3.63, 3.8) is 0 Å². The van der Waals surface area contributed by atoms with Gasteiger partial charge >= 0.3 is 0 Å². The van der Waals surface area contributed by atoms with Crippen molar-refractivity contribution in [2.24, 2.45) is 0 Å². The molecule has 1 rings (SSSR count). The maximum absolute atomic E-state index is 6.60. The van der Waals surface area contributed by atoms with Crippen molar-refractivity contribution in [3.05, 3.63) is 29.9 Å². The molecule has 2 nitrogen and oxygen atoms in total. The van der Waals surface area contributed by atoms with E-state index >= 15 is 0 Å². The van der Waals surface area contributed by atoms with E-state index in [1.54, 1.807) is 23.0 Å². The molecule has 0 aliphatic rings. The topological polar surface area (TPSA) is 9.29 Å². The second-order valence-electron chi connectivity index (χ2n) is 1.62. The Hall–Kier alpha value is -0.940. The maximum Gasteiger partial charge on any atom is 0.204 e. The van der Waals surface area contributed by atoms with Crippen molar-refractivity contribution in [1.29, 1.82) is 0 Å². The van der Waals surface area contributed by atoms with E-state index in [1.165, 1.54) is 0 Å². The van der Waals surface area contributed by atoms with Crippen molar-refractivity contribution < 1.29 is 0 Å². The molecule has 0 N–H and O–H groups in total. The fraction of sp³-hybridized carbons (Fsp3) is 0.167. The number of hydrogen-bond acceptors (Lipinski definition) is 0. The zero-order valence-electron chi connectivity index (χ0n) is 4.71. The molecule has 0 saturated heterocycles. The number of alkyl halides is 1. The first-order chi connectivity index (χ1) is 4.36. The number of aromatic nitrogens is 1. The molecule has 0 aromatic carbocycles. The van der Waals surface area contributed by atoms with Gasteiger partial charge in [-0.3, -0.25) is 0 Å². The van der Waals surface area contributed by atoms with E-state index in [-0.39, 0.29) is 0 Å². The van der Waals surface area contributed by atoms with Gasteiger partial charge in [-0.25, -0.2) is 4.85 Å². The molecule has 1 aromatic heterocycles. The van der Waals surface area contributed by atoms with Gasteiger partial charge in [-0.2, -0.15) is 0 Å². The van der Waals surface area contributed by atoms with Crippen molar-refractivity contribution in [2.45, 2.75) is 6.00 Å². The highest BCUT2D eigenvalue weighted by Crippen LogP contribution is 2.11. The summed E-state index contributed by atoms with van der Waals surface area (Å²) in [4.78, 5) is 3.21. The lowest BCUT2D eigenvalue weighted by molar-refractivity contribution is 0.895. The van der Waals surface area contributed by atoms with Crippen LogP contribution in [0.25, 0.3) is 4.85 Å². The van der Waals surface area contributed by atoms with Gasteiger partial charge in [-0.15, -0.1) is 11.6 Å². The van der Waals surface area contributed by atoms with Crippen molar-refractivity contribution in [3.8, 4) is 0 Å². The van der Waals surface area contributed by atoms with Gasteiger partial charge in [-0.1, -0.05) is 0 Å². The van der Waals surface area contributed by atoms with E-state index in [0.717, 1.165) is 0 Å². The molecule has 3 heteroatoms. The summed E-state index contributed by atoms with van der Waals surface area (Å²) in [5, 5.41) is 0. The molecule has 0 saturated carbocycles. The smallest absolute Gasteiger partial charge is 0.204 e. The van der Waals surface area contributed by atoms with Crippen LogP contribution in [0.2, 0.25) is 0 Å². The molecular formula is C6H5ClN2. The van der Waals surface area contributed by atoms with Crippen LogP contribution < -0.4 is 0 Å². The minimum absolute atomic E-state index is 0.412. The third-order valence-electron chi connectivity index (χ3n) is 1.00. The van der Waals surface area contributed by atoms with Crippen LogP contribution in [0, 0.1) is 6.57 Å². The Bertz CT molecular complexity index is 233. The average Bonchev–Trinajstić information content (AvgIpc) is 2.34. The summed E-state index contributed by atoms with van der Waals surface area (Å²) in [5.74, 6) is 0. The summed E-state index contributed by atoms with van der Waals surface area (Å²) in [7, 11) is 0. The van der Waals surface area contributed by atoms with Gasteiger partial charge in [0, 0.05) is 6.20 Å². The highest BCUT2D eigenvalue weighted by molar-refractivity contribution is 6.15. The Labute approximate surface area is 58.5 Å². The molecule has 0 unspecified atom stereocenters. The van der Waals surface area contributed by atoms with E-state index in [4.69, 9.17) is 18.2 Å². The van der Waals surface area contributed by atoms with Crippen LogP contribution in [-0.4, -0.2) is 4.57 Å². The fourth-order valence-electron chi connectivity index (χ4n) is 0.569. The second kappa shape index (κ2) is 2.56. The number of halogens is 1. The molecule has 1 heterocycles. The predicted octanol–water partition coefficient (Wildman–Crippen LogP) is 2.24. The lowest BCUT2D eigenvalue weighted by Crippen LogP contribution is -1.82. The highest BCUT2D eigenvalue weighted by atomic mass is 35.5. The Morgan fingerprint density at radius 3 is 2.89 bits per heavy atom. The second-order valence-corrected chi connectivity index (χ2v) is 1.85. The van der Waals surface area contributed by atoms with E-state index in [1.807, 2.05) is 0 Å². The van der Waals surface area contributed by atoms with Gasteiger partial charge in [-0.05, 0) is 12.3 Å². The third kappa shape index (κ3) is 1.24. The Balaban J connectivity index is 2.90. The fourth-order valence-corrected chi connectivity index (χ4v) is 0.717. The van der Waals surface area contributed by atoms with Crippen LogP contribution in [0.3, 0.4) is 0 Å². The largest absolute Gasteiger partial charge is 0.351 e. The minimum atomic E-state index is 0.412. The van der Waals surface area contributed by atoms with Crippen LogP contribution in [0.4, 0.5) is 5.69 Å². The molecule has 1 aromatic rings. The molecule has 0 atom stereocenters. The van der Waals surface area contributed by atoms with E-state index in [0.29, 0.717) is 11.7 Å². The predicted molar refractivity (Wildman–Crippen MR) is 36.5 cm³/mol. The molecule has 0 bridgehead atoms. The van der Waals surface area contributed by atoms with Crippen LogP contribution in [0.1, 0.15) is 0 Å². The summed E-state index contributed by atoms with van der Waals surface area (Å²) >= 11 is 5.46. The van der Waals surface area contributed by atoms with E-state index < -0.39 is 0 Å². The first-order valence-electron chi connectivity index (χ1n) is 2.46. The van der Waals surface area contributed by atoms with E-state index in [2.05, 4.69) is 4.85 Å². The zero-order valence-corrected chi connectivity index (χ0v) is 5.47. The number of hydrogen-bond donors (Lipinski definition) is 0. The maximum atomic E-state index is 6.60. The molecule has 0 aliphatic heterocycles. The monoisotopic (exact) mass is 140 g/mol. The van der Waals surface area contributed by atoms with Gasteiger partial charge in [0.1, 0.15) is 0 Å². The standard InChI is InChI=1S/C6H5ClN2/c1-8-6-2-3-9(4-6)5-7/h2-4H,5H2. The first-order valence-corrected chi connectivity index (χ1v) is 2.99. The van der Waals surface area contributed by atoms with Gasteiger partial charge in [0.25, 0.3) is 0 Å². The van der Waals surface area contributed by atoms with Crippen molar-refractivity contribution in [2.75, 3.05) is 0 Å². The molecule has 0 radical (unpaired) electrons. The quantitative estimate of drug-likeness (QED) is 0.418. The number of rotatable bonds is 1. The molecular weight excluding hydrogens is 136 g/mol. The van der Waals surface area contributed by atoms with Gasteiger partial charge < -0.3 is 4.57 Å². The lowest BCUT2D eigenvalue weighted by Gasteiger charge is -1.89. The first kappa shape index (κ1) is 6.18. The summed E-state index contributed by atoms with van der Waals surface area (Å²) < 4.78 is 1.74. The van der Waals surface area contributed by atoms with E-state index in [9.17, 15) is 0 Å². The van der Waals surface area contributed by atoms with Gasteiger partial charge in [0.05, 0.1) is 12.6 Å². The Kier molecular flexibility index (Phi) is 1.76. The van der Waals surface area contributed by atoms with Crippen molar-refractivity contribution in [1.82, 2.24) is 4.57 Å². The zero-order chi connectivity index (χ0) is 6.69. The normalized spacial score (nSPS) is 8.89. The highest BCUT2D eigenvalue weighted by Gasteiger charge is 1.90. The van der Waals surface area contributed by atoms with Crippen LogP contribution in [0.5, 0.6) is 0 Å². The summed E-state index contributed by atoms with van der Waals surface area (Å²) in [6.45, 7) is 6.60. The SMILES string of the molecule is [C-]#[N+]c1ccn(CCl)c1. The molecule has 9 heavy (non-hydrogen) atoms. The van der Waals surface area contributed by atoms with Gasteiger partial charge in [0.15, 0.2) is 0 Å². The van der Waals surface area contributed by atoms with Crippen molar-refractivity contribution >= 4 is 17.3 Å². The van der Waals surface area contributed by atoms with Crippen LogP contribution >= 0.6 is 11.6 Å². The van der Waals surface area contributed by atoms with Gasteiger partial charge in [0.2, 0.25) is 5.69 Å². The lowest BCUT2D eigenvalue weighted by atomic mass is 10.6. The summed E-state index contributed by atoms with van der Waals surface area (Å²) in [5.41, 5.74) is 0.635. The minimum Gasteiger partial charge on any atom is -0.351 e. The Morgan fingerprint density at radius 1 is 1.78 bits per heavy atom. The Morgan fingerprint density at radius 2 is 2.56 bits per heavy atom. The van der Waals surface area contributed by atoms with Crippen LogP contribution in [0.15, 0.2) is 18.5 Å². The molecule has 0 fully saturated rings. The molecule has 0 spiro atoms.